The highest BCUT2D eigenvalue weighted by molar-refractivity contribution is 5.90. The Morgan fingerprint density at radius 2 is 2.16 bits per heavy atom. The Morgan fingerprint density at radius 3 is 2.84 bits per heavy atom. The van der Waals surface area contributed by atoms with E-state index in [9.17, 15) is 4.79 Å². The Balaban J connectivity index is 2.05. The fourth-order valence-corrected chi connectivity index (χ4v) is 2.63. The zero-order valence-electron chi connectivity index (χ0n) is 11.7. The van der Waals surface area contributed by atoms with Crippen molar-refractivity contribution in [2.75, 3.05) is 10.6 Å². The molecule has 1 aliphatic rings. The molecule has 19 heavy (non-hydrogen) atoms. The largest absolute Gasteiger partial charge is 0.382 e. The van der Waals surface area contributed by atoms with Crippen LogP contribution in [0.4, 0.5) is 11.4 Å². The van der Waals surface area contributed by atoms with Gasteiger partial charge in [0.15, 0.2) is 0 Å². The van der Waals surface area contributed by atoms with Crippen molar-refractivity contribution in [2.24, 2.45) is 5.73 Å². The molecule has 0 radical (unpaired) electrons. The maximum absolute atomic E-state index is 11.2. The first kappa shape index (κ1) is 13.9. The Bertz CT molecular complexity index is 459. The number of amides is 1. The van der Waals surface area contributed by atoms with Crippen LogP contribution in [0.25, 0.3) is 0 Å². The molecule has 2 atom stereocenters. The maximum atomic E-state index is 11.2. The van der Waals surface area contributed by atoms with Gasteiger partial charge in [-0.05, 0) is 50.3 Å². The zero-order chi connectivity index (χ0) is 13.8. The molecule has 0 aromatic heterocycles. The summed E-state index contributed by atoms with van der Waals surface area (Å²) in [6.45, 7) is 3.52. The molecular formula is C15H23N3O. The van der Waals surface area contributed by atoms with E-state index in [0.29, 0.717) is 12.1 Å². The van der Waals surface area contributed by atoms with Crippen molar-refractivity contribution in [2.45, 2.75) is 51.6 Å². The van der Waals surface area contributed by atoms with Gasteiger partial charge in [-0.2, -0.15) is 0 Å². The predicted octanol–water partition coefficient (Wildman–Crippen LogP) is 2.64. The molecule has 4 N–H and O–H groups in total. The Kier molecular flexibility index (Phi) is 4.43. The first-order valence-electron chi connectivity index (χ1n) is 6.95. The topological polar surface area (TPSA) is 67.2 Å². The summed E-state index contributed by atoms with van der Waals surface area (Å²) in [5.41, 5.74) is 8.99. The fourth-order valence-electron chi connectivity index (χ4n) is 2.63. The molecule has 0 bridgehead atoms. The van der Waals surface area contributed by atoms with Crippen LogP contribution in [0, 0.1) is 6.92 Å². The van der Waals surface area contributed by atoms with Crippen LogP contribution >= 0.6 is 0 Å². The van der Waals surface area contributed by atoms with E-state index >= 15 is 0 Å². The third kappa shape index (κ3) is 3.96. The van der Waals surface area contributed by atoms with Gasteiger partial charge in [-0.1, -0.05) is 6.07 Å². The molecular weight excluding hydrogens is 238 g/mol. The first-order valence-corrected chi connectivity index (χ1v) is 6.95. The molecule has 2 rings (SSSR count). The smallest absolute Gasteiger partial charge is 0.221 e. The minimum Gasteiger partial charge on any atom is -0.382 e. The van der Waals surface area contributed by atoms with Crippen LogP contribution < -0.4 is 16.4 Å². The number of hydrogen-bond donors (Lipinski definition) is 3. The molecule has 1 saturated carbocycles. The van der Waals surface area contributed by atoms with E-state index in [1.807, 2.05) is 19.1 Å². The molecule has 0 saturated heterocycles. The van der Waals surface area contributed by atoms with Crippen molar-refractivity contribution in [1.82, 2.24) is 0 Å². The lowest BCUT2D eigenvalue weighted by atomic mass is 9.91. The van der Waals surface area contributed by atoms with E-state index in [-0.39, 0.29) is 5.91 Å². The van der Waals surface area contributed by atoms with Crippen LogP contribution in [-0.2, 0) is 4.79 Å². The first-order chi connectivity index (χ1) is 9.04. The van der Waals surface area contributed by atoms with Gasteiger partial charge in [-0.25, -0.2) is 0 Å². The number of nitrogens with one attached hydrogen (secondary N) is 2. The molecule has 1 amide bonds. The highest BCUT2D eigenvalue weighted by Gasteiger charge is 2.19. The average Bonchev–Trinajstić information content (AvgIpc) is 2.33. The molecule has 2 unspecified atom stereocenters. The van der Waals surface area contributed by atoms with E-state index in [1.54, 1.807) is 0 Å². The molecule has 104 valence electrons. The van der Waals surface area contributed by atoms with Crippen molar-refractivity contribution in [3.8, 4) is 0 Å². The van der Waals surface area contributed by atoms with E-state index < -0.39 is 0 Å². The van der Waals surface area contributed by atoms with Gasteiger partial charge in [0.2, 0.25) is 5.91 Å². The Morgan fingerprint density at radius 1 is 1.37 bits per heavy atom. The lowest BCUT2D eigenvalue weighted by molar-refractivity contribution is -0.114. The van der Waals surface area contributed by atoms with Crippen LogP contribution in [0.1, 0.15) is 38.2 Å². The van der Waals surface area contributed by atoms with Crippen molar-refractivity contribution in [1.29, 1.82) is 0 Å². The van der Waals surface area contributed by atoms with E-state index in [1.165, 1.54) is 13.3 Å². The molecule has 1 aromatic rings. The number of nitrogens with two attached hydrogens (primary N) is 1. The third-order valence-corrected chi connectivity index (χ3v) is 3.63. The van der Waals surface area contributed by atoms with Gasteiger partial charge in [0.05, 0.1) is 0 Å². The summed E-state index contributed by atoms with van der Waals surface area (Å²) in [6, 6.07) is 6.83. The fraction of sp³-hybridized carbons (Fsp3) is 0.533. The molecule has 1 aliphatic carbocycles. The van der Waals surface area contributed by atoms with Crippen molar-refractivity contribution >= 4 is 17.3 Å². The lowest BCUT2D eigenvalue weighted by Crippen LogP contribution is -2.34. The quantitative estimate of drug-likeness (QED) is 0.783. The van der Waals surface area contributed by atoms with Gasteiger partial charge in [0.25, 0.3) is 0 Å². The number of hydrogen-bond acceptors (Lipinski definition) is 3. The van der Waals surface area contributed by atoms with Crippen molar-refractivity contribution in [3.05, 3.63) is 23.8 Å². The van der Waals surface area contributed by atoms with Gasteiger partial charge in [0.1, 0.15) is 0 Å². The van der Waals surface area contributed by atoms with Crippen molar-refractivity contribution < 1.29 is 4.79 Å². The molecule has 4 heteroatoms. The summed E-state index contributed by atoms with van der Waals surface area (Å²) in [4.78, 5) is 11.2. The third-order valence-electron chi connectivity index (χ3n) is 3.63. The SMILES string of the molecule is CC(=O)Nc1cc(NC2CCCC(N)C2)ccc1C. The summed E-state index contributed by atoms with van der Waals surface area (Å²) < 4.78 is 0. The number of carbonyl (C=O) groups is 1. The molecule has 1 aromatic carbocycles. The monoisotopic (exact) mass is 261 g/mol. The second kappa shape index (κ2) is 6.06. The van der Waals surface area contributed by atoms with Gasteiger partial charge >= 0.3 is 0 Å². The number of rotatable bonds is 3. The highest BCUT2D eigenvalue weighted by atomic mass is 16.1. The van der Waals surface area contributed by atoms with E-state index in [0.717, 1.165) is 36.2 Å². The number of benzene rings is 1. The molecule has 0 aliphatic heterocycles. The van der Waals surface area contributed by atoms with Gasteiger partial charge in [0, 0.05) is 30.4 Å². The summed E-state index contributed by atoms with van der Waals surface area (Å²) in [5, 5.41) is 6.38. The highest BCUT2D eigenvalue weighted by Crippen LogP contribution is 2.24. The lowest BCUT2D eigenvalue weighted by Gasteiger charge is -2.28. The molecule has 0 spiro atoms. The number of carbonyl (C=O) groups excluding carboxylic acids is 1. The summed E-state index contributed by atoms with van der Waals surface area (Å²) >= 11 is 0. The second-order valence-electron chi connectivity index (χ2n) is 5.48. The standard InChI is InChI=1S/C15H23N3O/c1-10-6-7-14(9-15(10)17-11(2)19)18-13-5-3-4-12(16)8-13/h6-7,9,12-13,18H,3-5,8,16H2,1-2H3,(H,17,19). The predicted molar refractivity (Wildman–Crippen MR) is 79.3 cm³/mol. The van der Waals surface area contributed by atoms with Crippen LogP contribution in [-0.4, -0.2) is 18.0 Å². The van der Waals surface area contributed by atoms with E-state index in [4.69, 9.17) is 5.73 Å². The van der Waals surface area contributed by atoms with Crippen molar-refractivity contribution in [3.63, 3.8) is 0 Å². The Hall–Kier alpha value is -1.55. The summed E-state index contributed by atoms with van der Waals surface area (Å²) in [6.07, 6.45) is 4.49. The molecule has 1 fully saturated rings. The minimum atomic E-state index is -0.0417. The molecule has 4 nitrogen and oxygen atoms in total. The van der Waals surface area contributed by atoms with Gasteiger partial charge < -0.3 is 16.4 Å². The van der Waals surface area contributed by atoms with Crippen LogP contribution in [0.2, 0.25) is 0 Å². The summed E-state index contributed by atoms with van der Waals surface area (Å²) in [5.74, 6) is -0.0417. The second-order valence-corrected chi connectivity index (χ2v) is 5.48. The minimum absolute atomic E-state index is 0.0417. The number of aryl methyl sites for hydroxylation is 1. The average molecular weight is 261 g/mol. The molecule has 0 heterocycles. The van der Waals surface area contributed by atoms with Crippen LogP contribution in [0.15, 0.2) is 18.2 Å². The summed E-state index contributed by atoms with van der Waals surface area (Å²) in [7, 11) is 0. The number of anilines is 2. The maximum Gasteiger partial charge on any atom is 0.221 e. The Labute approximate surface area is 114 Å². The van der Waals surface area contributed by atoms with Gasteiger partial charge in [-0.15, -0.1) is 0 Å². The zero-order valence-corrected chi connectivity index (χ0v) is 11.7. The van der Waals surface area contributed by atoms with Gasteiger partial charge in [-0.3, -0.25) is 4.79 Å². The normalized spacial score (nSPS) is 22.9. The van der Waals surface area contributed by atoms with E-state index in [2.05, 4.69) is 16.7 Å². The van der Waals surface area contributed by atoms with Crippen LogP contribution in [0.3, 0.4) is 0 Å². The van der Waals surface area contributed by atoms with Crippen LogP contribution in [0.5, 0.6) is 0 Å².